The molecule has 0 aliphatic carbocycles. The molecule has 0 radical (unpaired) electrons. The van der Waals surface area contributed by atoms with Crippen LogP contribution in [0.5, 0.6) is 0 Å². The van der Waals surface area contributed by atoms with Gasteiger partial charge in [-0.25, -0.2) is 9.78 Å². The van der Waals surface area contributed by atoms with E-state index in [1.807, 2.05) is 34.6 Å². The summed E-state index contributed by atoms with van der Waals surface area (Å²) in [5.74, 6) is -0.326. The van der Waals surface area contributed by atoms with Crippen LogP contribution in [0.4, 0.5) is 4.79 Å². The molecule has 2 rings (SSSR count). The van der Waals surface area contributed by atoms with Crippen molar-refractivity contribution in [1.29, 1.82) is 0 Å². The number of ether oxygens (including phenoxy) is 1. The number of carbonyl (C=O) groups excluding carboxylic acids is 2. The molecule has 0 saturated carbocycles. The Morgan fingerprint density at radius 1 is 1.33 bits per heavy atom. The fraction of sp³-hybridized carbons (Fsp3) is 0.500. The van der Waals surface area contributed by atoms with Crippen LogP contribution in [0.25, 0.3) is 16.8 Å². The van der Waals surface area contributed by atoms with E-state index in [0.29, 0.717) is 54.4 Å². The summed E-state index contributed by atoms with van der Waals surface area (Å²) < 4.78 is 11.2. The maximum absolute atomic E-state index is 12.7. The Morgan fingerprint density at radius 2 is 2.06 bits per heavy atom. The van der Waals surface area contributed by atoms with E-state index in [4.69, 9.17) is 14.9 Å². The van der Waals surface area contributed by atoms with Gasteiger partial charge in [-0.1, -0.05) is 19.9 Å². The number of oxazole rings is 1. The second kappa shape index (κ2) is 11.5. The van der Waals surface area contributed by atoms with Gasteiger partial charge < -0.3 is 25.1 Å². The van der Waals surface area contributed by atoms with Gasteiger partial charge in [-0.05, 0) is 52.3 Å². The van der Waals surface area contributed by atoms with Gasteiger partial charge in [0.2, 0.25) is 11.8 Å². The third-order valence-corrected chi connectivity index (χ3v) is 4.72. The average molecular weight is 458 g/mol. The second-order valence-electron chi connectivity index (χ2n) is 8.68. The van der Waals surface area contributed by atoms with Gasteiger partial charge >= 0.3 is 6.09 Å². The van der Waals surface area contributed by atoms with E-state index in [9.17, 15) is 9.59 Å². The van der Waals surface area contributed by atoms with Crippen LogP contribution in [-0.2, 0) is 9.53 Å². The fourth-order valence-corrected chi connectivity index (χ4v) is 2.90. The third kappa shape index (κ3) is 7.93. The first-order valence-electron chi connectivity index (χ1n) is 11.2. The molecule has 2 aromatic rings. The number of likely N-dealkylation sites (N-methyl/N-ethyl adjacent to an activating group) is 1. The molecule has 180 valence electrons. The monoisotopic (exact) mass is 457 g/mol. The molecule has 0 fully saturated rings. The molecule has 1 atom stereocenters. The van der Waals surface area contributed by atoms with E-state index in [1.54, 1.807) is 42.3 Å². The maximum Gasteiger partial charge on any atom is 0.410 e. The molecule has 1 unspecified atom stereocenters. The van der Waals surface area contributed by atoms with Gasteiger partial charge in [0.1, 0.15) is 5.60 Å². The first-order chi connectivity index (χ1) is 15.5. The lowest BCUT2D eigenvalue weighted by atomic mass is 10.1. The Kier molecular flexibility index (Phi) is 9.02. The van der Waals surface area contributed by atoms with Crippen LogP contribution in [0, 0.1) is 5.92 Å². The van der Waals surface area contributed by atoms with Crippen LogP contribution in [0.2, 0.25) is 0 Å². The minimum atomic E-state index is -0.572. The highest BCUT2D eigenvalue weighted by Gasteiger charge is 2.21. The number of carbonyl (C=O) groups is 2. The van der Waals surface area contributed by atoms with Crippen molar-refractivity contribution in [3.8, 4) is 0 Å². The largest absolute Gasteiger partial charge is 0.444 e. The minimum absolute atomic E-state index is 0.189. The molecule has 0 aliphatic heterocycles. The van der Waals surface area contributed by atoms with E-state index in [0.717, 1.165) is 0 Å². The average Bonchev–Trinajstić information content (AvgIpc) is 3.18. The number of nitrogens with zero attached hydrogens (tertiary/aromatic N) is 3. The van der Waals surface area contributed by atoms with Crippen molar-refractivity contribution >= 4 is 28.8 Å². The lowest BCUT2D eigenvalue weighted by molar-refractivity contribution is -0.123. The van der Waals surface area contributed by atoms with E-state index in [2.05, 4.69) is 15.3 Å². The molecule has 0 bridgehead atoms. The molecule has 0 saturated heterocycles. The smallest absolute Gasteiger partial charge is 0.410 e. The summed E-state index contributed by atoms with van der Waals surface area (Å²) in [4.78, 5) is 35.1. The Hall–Kier alpha value is -3.36. The van der Waals surface area contributed by atoms with Crippen LogP contribution in [0.1, 0.15) is 53.9 Å². The lowest BCUT2D eigenvalue weighted by Crippen LogP contribution is -2.42. The molecule has 2 aromatic heterocycles. The van der Waals surface area contributed by atoms with Crippen LogP contribution >= 0.6 is 0 Å². The summed E-state index contributed by atoms with van der Waals surface area (Å²) in [6, 6.07) is 3.55. The summed E-state index contributed by atoms with van der Waals surface area (Å²) in [7, 11) is 0. The zero-order valence-corrected chi connectivity index (χ0v) is 20.3. The first kappa shape index (κ1) is 25.9. The number of fused-ring (bicyclic) bond motifs is 1. The number of allylic oxidation sites excluding steroid dienone is 3. The molecule has 9 heteroatoms. The second-order valence-corrected chi connectivity index (χ2v) is 8.68. The van der Waals surface area contributed by atoms with Crippen LogP contribution < -0.4 is 11.1 Å². The topological polar surface area (TPSA) is 124 Å². The number of pyridine rings is 1. The number of hydrogen-bond donors (Lipinski definition) is 2. The molecule has 33 heavy (non-hydrogen) atoms. The Morgan fingerprint density at radius 3 is 2.67 bits per heavy atom. The van der Waals surface area contributed by atoms with Crippen molar-refractivity contribution in [2.45, 2.75) is 53.6 Å². The van der Waals surface area contributed by atoms with Crippen LogP contribution in [0.15, 0.2) is 40.6 Å². The summed E-state index contributed by atoms with van der Waals surface area (Å²) in [5.41, 5.74) is 7.76. The van der Waals surface area contributed by atoms with Gasteiger partial charge in [-0.2, -0.15) is 4.98 Å². The number of hydrogen-bond acceptors (Lipinski definition) is 7. The maximum atomic E-state index is 12.7. The molecule has 0 spiro atoms. The predicted molar refractivity (Wildman–Crippen MR) is 128 cm³/mol. The van der Waals surface area contributed by atoms with E-state index in [1.165, 1.54) is 0 Å². The number of rotatable bonds is 9. The Balaban J connectivity index is 2.09. The highest BCUT2D eigenvalue weighted by atomic mass is 16.6. The van der Waals surface area contributed by atoms with Gasteiger partial charge in [0, 0.05) is 37.1 Å². The fourth-order valence-electron chi connectivity index (χ4n) is 2.90. The van der Waals surface area contributed by atoms with Crippen molar-refractivity contribution in [2.24, 2.45) is 11.7 Å². The quantitative estimate of drug-likeness (QED) is 0.548. The van der Waals surface area contributed by atoms with Gasteiger partial charge in [0.05, 0.1) is 5.92 Å². The van der Waals surface area contributed by atoms with Gasteiger partial charge in [-0.3, -0.25) is 4.79 Å². The number of aromatic nitrogens is 2. The molecule has 2 amide bonds. The number of amides is 2. The number of nitrogens with two attached hydrogens (primary N) is 1. The molecular weight excluding hydrogens is 422 g/mol. The van der Waals surface area contributed by atoms with E-state index >= 15 is 0 Å². The van der Waals surface area contributed by atoms with Crippen molar-refractivity contribution < 1.29 is 18.7 Å². The molecule has 0 aliphatic rings. The third-order valence-electron chi connectivity index (χ3n) is 4.72. The molecule has 9 nitrogen and oxygen atoms in total. The number of nitrogens with one attached hydrogen (secondary N) is 1. The standard InChI is InChI=1S/C24H35N5O4/c1-7-18(25)15-17(22-28-20-19(32-22)10-9-11-26-20)14-16(3)21(30)27-12-13-29(8-2)23(31)33-24(4,5)6/h9-11,14-16H,7-8,12-13,25H2,1-6H3,(H,27,30)/b17-14+,18-15+. The molecular formula is C24H35N5O4. The van der Waals surface area contributed by atoms with Crippen molar-refractivity contribution in [1.82, 2.24) is 20.2 Å². The Bertz CT molecular complexity index is 986. The van der Waals surface area contributed by atoms with Gasteiger partial charge in [0.15, 0.2) is 11.2 Å². The van der Waals surface area contributed by atoms with E-state index < -0.39 is 17.6 Å². The van der Waals surface area contributed by atoms with E-state index in [-0.39, 0.29) is 5.91 Å². The van der Waals surface area contributed by atoms with Crippen molar-refractivity contribution in [3.05, 3.63) is 42.1 Å². The summed E-state index contributed by atoms with van der Waals surface area (Å²) >= 11 is 0. The normalized spacial score (nSPS) is 13.6. The van der Waals surface area contributed by atoms with Gasteiger partial charge in [0.25, 0.3) is 0 Å². The SMILES string of the molecule is CC/C(N)=C\C(=C/C(C)C(=O)NCCN(CC)C(=O)OC(C)(C)C)c1nc2ncccc2o1. The minimum Gasteiger partial charge on any atom is -0.444 e. The zero-order valence-electron chi connectivity index (χ0n) is 20.3. The molecule has 3 N–H and O–H groups in total. The predicted octanol–water partition coefficient (Wildman–Crippen LogP) is 3.87. The molecule has 2 heterocycles. The first-order valence-corrected chi connectivity index (χ1v) is 11.2. The summed E-state index contributed by atoms with van der Waals surface area (Å²) in [6.07, 6.45) is 5.40. The zero-order chi connectivity index (χ0) is 24.6. The van der Waals surface area contributed by atoms with Gasteiger partial charge in [-0.15, -0.1) is 0 Å². The highest BCUT2D eigenvalue weighted by Crippen LogP contribution is 2.23. The van der Waals surface area contributed by atoms with Crippen molar-refractivity contribution in [2.75, 3.05) is 19.6 Å². The van der Waals surface area contributed by atoms with Crippen LogP contribution in [0.3, 0.4) is 0 Å². The molecule has 0 aromatic carbocycles. The highest BCUT2D eigenvalue weighted by molar-refractivity contribution is 5.84. The summed E-state index contributed by atoms with van der Waals surface area (Å²) in [5, 5.41) is 2.87. The Labute approximate surface area is 195 Å². The van der Waals surface area contributed by atoms with Crippen molar-refractivity contribution in [3.63, 3.8) is 0 Å². The van der Waals surface area contributed by atoms with Crippen LogP contribution in [-0.4, -0.2) is 52.1 Å². The summed E-state index contributed by atoms with van der Waals surface area (Å²) in [6.45, 7) is 12.2. The lowest BCUT2D eigenvalue weighted by Gasteiger charge is -2.26.